The van der Waals surface area contributed by atoms with E-state index in [-0.39, 0.29) is 22.7 Å². The highest BCUT2D eigenvalue weighted by atomic mass is 19.1. The predicted molar refractivity (Wildman–Crippen MR) is 118 cm³/mol. The third-order valence-electron chi connectivity index (χ3n) is 5.18. The van der Waals surface area contributed by atoms with Gasteiger partial charge in [-0.15, -0.1) is 0 Å². The van der Waals surface area contributed by atoms with Crippen LogP contribution in [0.15, 0.2) is 36.4 Å². The lowest BCUT2D eigenvalue weighted by molar-refractivity contribution is 0.0374. The molecule has 0 bridgehead atoms. The van der Waals surface area contributed by atoms with E-state index < -0.39 is 11.7 Å². The van der Waals surface area contributed by atoms with Crippen molar-refractivity contribution >= 4 is 17.5 Å². The highest BCUT2D eigenvalue weighted by molar-refractivity contribution is 6.09. The molecule has 0 aliphatic carbocycles. The first-order valence-corrected chi connectivity index (χ1v) is 10.4. The predicted octanol–water partition coefficient (Wildman–Crippen LogP) is 2.55. The molecule has 32 heavy (non-hydrogen) atoms. The van der Waals surface area contributed by atoms with Gasteiger partial charge in [0, 0.05) is 25.7 Å². The van der Waals surface area contributed by atoms with Gasteiger partial charge >= 0.3 is 0 Å². The molecule has 2 aromatic rings. The number of halogens is 1. The van der Waals surface area contributed by atoms with Crippen LogP contribution in [-0.4, -0.2) is 70.3 Å². The van der Waals surface area contributed by atoms with Crippen LogP contribution in [0.25, 0.3) is 0 Å². The lowest BCUT2D eigenvalue weighted by atomic mass is 10.1. The minimum Gasteiger partial charge on any atom is -0.493 e. The molecule has 0 atom stereocenters. The van der Waals surface area contributed by atoms with Gasteiger partial charge in [0.25, 0.3) is 11.8 Å². The molecule has 0 saturated carbocycles. The first-order valence-electron chi connectivity index (χ1n) is 10.4. The van der Waals surface area contributed by atoms with Gasteiger partial charge in [-0.05, 0) is 31.2 Å². The van der Waals surface area contributed by atoms with Crippen LogP contribution in [0, 0.1) is 5.82 Å². The van der Waals surface area contributed by atoms with E-state index in [1.807, 2.05) is 0 Å². The van der Waals surface area contributed by atoms with Crippen LogP contribution in [0.1, 0.15) is 27.1 Å². The molecule has 1 aliphatic heterocycles. The number of nitrogens with one attached hydrogen (secondary N) is 2. The maximum Gasteiger partial charge on any atom is 0.258 e. The van der Waals surface area contributed by atoms with Crippen molar-refractivity contribution in [1.82, 2.24) is 10.2 Å². The van der Waals surface area contributed by atoms with Crippen LogP contribution in [0.3, 0.4) is 0 Å². The van der Waals surface area contributed by atoms with E-state index >= 15 is 0 Å². The summed E-state index contributed by atoms with van der Waals surface area (Å²) in [4.78, 5) is 27.8. The summed E-state index contributed by atoms with van der Waals surface area (Å²) in [5, 5.41) is 5.49. The Morgan fingerprint density at radius 1 is 1.03 bits per heavy atom. The lowest BCUT2D eigenvalue weighted by Gasteiger charge is -2.26. The standard InChI is InChI=1S/C23H28FN3O5/c1-30-20-14-17(22(28)25-8-5-9-27-10-12-32-13-11-27)19(15-21(20)31-2)26-23(29)16-6-3-4-7-18(16)24/h3-4,6-7,14-15H,5,8-13H2,1-2H3,(H,25,28)(H,26,29). The number of carbonyl (C=O) groups is 2. The fourth-order valence-corrected chi connectivity index (χ4v) is 3.43. The van der Waals surface area contributed by atoms with Crippen LogP contribution in [-0.2, 0) is 4.74 Å². The monoisotopic (exact) mass is 445 g/mol. The number of carbonyl (C=O) groups excluding carboxylic acids is 2. The molecule has 2 amide bonds. The third-order valence-corrected chi connectivity index (χ3v) is 5.18. The number of hydrogen-bond acceptors (Lipinski definition) is 6. The molecule has 1 aliphatic rings. The average molecular weight is 445 g/mol. The zero-order valence-electron chi connectivity index (χ0n) is 18.3. The Hall–Kier alpha value is -3.17. The van der Waals surface area contributed by atoms with Crippen molar-refractivity contribution < 1.29 is 28.2 Å². The molecule has 0 unspecified atom stereocenters. The van der Waals surface area contributed by atoms with E-state index in [0.717, 1.165) is 39.3 Å². The summed E-state index contributed by atoms with van der Waals surface area (Å²) in [5.41, 5.74) is 0.263. The third kappa shape index (κ3) is 5.95. The molecule has 9 heteroatoms. The minimum atomic E-state index is -0.670. The number of amides is 2. The van der Waals surface area contributed by atoms with Gasteiger partial charge in [-0.3, -0.25) is 14.5 Å². The van der Waals surface area contributed by atoms with Crippen molar-refractivity contribution in [3.05, 3.63) is 53.3 Å². The summed E-state index contributed by atoms with van der Waals surface area (Å²) in [5.74, 6) is -1.02. The van der Waals surface area contributed by atoms with Crippen molar-refractivity contribution in [2.45, 2.75) is 6.42 Å². The van der Waals surface area contributed by atoms with Crippen molar-refractivity contribution in [3.63, 3.8) is 0 Å². The smallest absolute Gasteiger partial charge is 0.258 e. The summed E-state index contributed by atoms with van der Waals surface area (Å²) in [6, 6.07) is 8.61. The zero-order chi connectivity index (χ0) is 22.9. The summed E-state index contributed by atoms with van der Waals surface area (Å²) >= 11 is 0. The van der Waals surface area contributed by atoms with Gasteiger partial charge in [-0.2, -0.15) is 0 Å². The van der Waals surface area contributed by atoms with Crippen LogP contribution >= 0.6 is 0 Å². The molecule has 1 fully saturated rings. The second kappa shape index (κ2) is 11.4. The maximum absolute atomic E-state index is 14.0. The Morgan fingerprint density at radius 2 is 1.72 bits per heavy atom. The van der Waals surface area contributed by atoms with Crippen LogP contribution in [0.2, 0.25) is 0 Å². The van der Waals surface area contributed by atoms with Gasteiger partial charge in [-0.25, -0.2) is 4.39 Å². The van der Waals surface area contributed by atoms with Crippen LogP contribution < -0.4 is 20.1 Å². The lowest BCUT2D eigenvalue weighted by Crippen LogP contribution is -2.38. The normalized spacial score (nSPS) is 14.0. The summed E-state index contributed by atoms with van der Waals surface area (Å²) in [6.45, 7) is 4.54. The molecule has 1 saturated heterocycles. The minimum absolute atomic E-state index is 0.126. The van der Waals surface area contributed by atoms with Gasteiger partial charge in [-0.1, -0.05) is 12.1 Å². The number of rotatable bonds is 9. The molecule has 172 valence electrons. The fraction of sp³-hybridized carbons (Fsp3) is 0.391. The Balaban J connectivity index is 1.73. The van der Waals surface area contributed by atoms with E-state index in [0.29, 0.717) is 18.0 Å². The second-order valence-corrected chi connectivity index (χ2v) is 7.25. The first-order chi connectivity index (χ1) is 15.5. The largest absolute Gasteiger partial charge is 0.493 e. The van der Waals surface area contributed by atoms with Crippen LogP contribution in [0.4, 0.5) is 10.1 Å². The highest BCUT2D eigenvalue weighted by Crippen LogP contribution is 2.33. The van der Waals surface area contributed by atoms with Crippen molar-refractivity contribution in [2.24, 2.45) is 0 Å². The first kappa shape index (κ1) is 23.5. The highest BCUT2D eigenvalue weighted by Gasteiger charge is 2.20. The Labute approximate surface area is 186 Å². The van der Waals surface area contributed by atoms with E-state index in [4.69, 9.17) is 14.2 Å². The molecule has 2 N–H and O–H groups in total. The van der Waals surface area contributed by atoms with Gasteiger partial charge in [0.15, 0.2) is 11.5 Å². The Morgan fingerprint density at radius 3 is 2.41 bits per heavy atom. The number of nitrogens with zero attached hydrogens (tertiary/aromatic N) is 1. The average Bonchev–Trinajstić information content (AvgIpc) is 2.82. The van der Waals surface area contributed by atoms with E-state index in [1.54, 1.807) is 6.07 Å². The van der Waals surface area contributed by atoms with E-state index in [1.165, 1.54) is 44.6 Å². The topological polar surface area (TPSA) is 89.1 Å². The SMILES string of the molecule is COc1cc(NC(=O)c2ccccc2F)c(C(=O)NCCCN2CCOCC2)cc1OC. The maximum atomic E-state index is 14.0. The number of morpholine rings is 1. The molecule has 2 aromatic carbocycles. The van der Waals surface area contributed by atoms with Gasteiger partial charge in [0.05, 0.1) is 44.2 Å². The fourth-order valence-electron chi connectivity index (χ4n) is 3.43. The van der Waals surface area contributed by atoms with E-state index in [2.05, 4.69) is 15.5 Å². The Kier molecular flexibility index (Phi) is 8.41. The van der Waals surface area contributed by atoms with Crippen molar-refractivity contribution in [3.8, 4) is 11.5 Å². The molecule has 0 spiro atoms. The molecule has 1 heterocycles. The van der Waals surface area contributed by atoms with Gasteiger partial charge in [0.2, 0.25) is 0 Å². The molecule has 8 nitrogen and oxygen atoms in total. The zero-order valence-corrected chi connectivity index (χ0v) is 18.3. The van der Waals surface area contributed by atoms with Crippen molar-refractivity contribution in [2.75, 3.05) is 58.9 Å². The van der Waals surface area contributed by atoms with E-state index in [9.17, 15) is 14.0 Å². The quantitative estimate of drug-likeness (QED) is 0.577. The number of benzene rings is 2. The summed E-state index contributed by atoms with van der Waals surface area (Å²) < 4.78 is 30.0. The number of anilines is 1. The van der Waals surface area contributed by atoms with Gasteiger partial charge < -0.3 is 24.8 Å². The number of hydrogen-bond donors (Lipinski definition) is 2. The molecule has 3 rings (SSSR count). The van der Waals surface area contributed by atoms with Crippen molar-refractivity contribution in [1.29, 1.82) is 0 Å². The number of methoxy groups -OCH3 is 2. The molecular formula is C23H28FN3O5. The van der Waals surface area contributed by atoms with Crippen LogP contribution in [0.5, 0.6) is 11.5 Å². The Bertz CT molecular complexity index is 947. The molecule has 0 radical (unpaired) electrons. The summed E-state index contributed by atoms with van der Waals surface area (Å²) in [7, 11) is 2.91. The molecular weight excluding hydrogens is 417 g/mol. The number of ether oxygens (including phenoxy) is 3. The molecule has 0 aromatic heterocycles. The van der Waals surface area contributed by atoms with Gasteiger partial charge in [0.1, 0.15) is 5.82 Å². The second-order valence-electron chi connectivity index (χ2n) is 7.25. The summed E-state index contributed by atoms with van der Waals surface area (Å²) in [6.07, 6.45) is 0.774.